The summed E-state index contributed by atoms with van der Waals surface area (Å²) in [5.74, 6) is 1.13. The predicted octanol–water partition coefficient (Wildman–Crippen LogP) is 21.4. The summed E-state index contributed by atoms with van der Waals surface area (Å²) in [5, 5.41) is 6.59. The van der Waals surface area contributed by atoms with Gasteiger partial charge in [0.15, 0.2) is 0 Å². The number of para-hydroxylation sites is 1. The van der Waals surface area contributed by atoms with Gasteiger partial charge in [0.2, 0.25) is 0 Å². The number of fused-ring (bicyclic) bond motifs is 4. The first kappa shape index (κ1) is 67.2. The van der Waals surface area contributed by atoms with Crippen molar-refractivity contribution in [2.45, 2.75) is 200 Å². The molecule has 0 radical (unpaired) electrons. The van der Waals surface area contributed by atoms with Crippen molar-refractivity contribution in [1.82, 2.24) is 24.5 Å². The van der Waals surface area contributed by atoms with Crippen LogP contribution in [0.1, 0.15) is 201 Å². The minimum atomic E-state index is 0.165. The Morgan fingerprint density at radius 3 is 1.33 bits per heavy atom. The number of hydrogen-bond acceptors (Lipinski definition) is 1. The predicted molar refractivity (Wildman–Crippen MR) is 332 cm³/mol. The number of aryl methyl sites for hydroxylation is 1. The molecule has 0 saturated carbocycles. The van der Waals surface area contributed by atoms with Crippen molar-refractivity contribution >= 4 is 43.5 Å². The Morgan fingerprint density at radius 2 is 0.822 bits per heavy atom. The van der Waals surface area contributed by atoms with E-state index >= 15 is 0 Å². The molecule has 0 unspecified atom stereocenters. The van der Waals surface area contributed by atoms with Crippen LogP contribution in [0, 0.1) is 0 Å². The lowest BCUT2D eigenvalue weighted by atomic mass is 9.85. The standard InChI is InChI=1S/C14H16.3C12H15N.C8H14N2.5C2H6/c1-14(2,3)13-9-8-11-6-4-5-7-12(11)10-13;1-12(2,3)10-4-5-11-9(8-10)6-7-13-11;1-12(2,3)10-5-4-6-11-9(10)7-8-13-11;1-12(2,3)10-6-4-5-9-7-8-13-11(9)10;1-8(2,3)7-9-5-6-10(7)4;5*1-2/h4-10H,1-3H3;3*4-8,13H,1-3H3;5-6H,1-4H3;5*1-2H3. The number of benzene rings is 5. The van der Waals surface area contributed by atoms with Crippen LogP contribution in [0.15, 0.2) is 146 Å². The number of H-pyrrole nitrogens is 3. The van der Waals surface area contributed by atoms with Gasteiger partial charge in [-0.15, -0.1) is 0 Å². The van der Waals surface area contributed by atoms with Crippen molar-refractivity contribution in [2.24, 2.45) is 7.05 Å². The van der Waals surface area contributed by atoms with Gasteiger partial charge in [-0.3, -0.25) is 0 Å². The van der Waals surface area contributed by atoms with Crippen molar-refractivity contribution in [3.63, 3.8) is 0 Å². The lowest BCUT2D eigenvalue weighted by Crippen LogP contribution is -2.16. The molecule has 402 valence electrons. The Hall–Kier alpha value is -5.81. The highest BCUT2D eigenvalue weighted by atomic mass is 15.0. The molecule has 0 atom stereocenters. The summed E-state index contributed by atoms with van der Waals surface area (Å²) in [6.45, 7) is 53.4. The second-order valence-electron chi connectivity index (χ2n) is 21.9. The van der Waals surface area contributed by atoms with E-state index < -0.39 is 0 Å². The largest absolute Gasteiger partial charge is 0.361 e. The normalized spacial score (nSPS) is 10.9. The lowest BCUT2D eigenvalue weighted by Gasteiger charge is -2.19. The fourth-order valence-electron chi connectivity index (χ4n) is 7.71. The molecule has 0 saturated heterocycles. The quantitative estimate of drug-likeness (QED) is 0.139. The van der Waals surface area contributed by atoms with Crippen LogP contribution in [0.3, 0.4) is 0 Å². The Labute approximate surface area is 447 Å². The van der Waals surface area contributed by atoms with E-state index in [1.807, 2.05) is 107 Å². The van der Waals surface area contributed by atoms with Crippen LogP contribution in [0.4, 0.5) is 0 Å². The molecule has 73 heavy (non-hydrogen) atoms. The summed E-state index contributed by atoms with van der Waals surface area (Å²) in [4.78, 5) is 14.0. The summed E-state index contributed by atoms with van der Waals surface area (Å²) in [7, 11) is 2.02. The summed E-state index contributed by atoms with van der Waals surface area (Å²) in [6, 6.07) is 41.1. The molecular weight excluding hydrogens is 887 g/mol. The Bertz CT molecular complexity index is 2740. The van der Waals surface area contributed by atoms with E-state index in [1.54, 1.807) is 0 Å². The highest BCUT2D eigenvalue weighted by molar-refractivity contribution is 5.85. The van der Waals surface area contributed by atoms with Gasteiger partial charge in [-0.1, -0.05) is 252 Å². The molecule has 0 spiro atoms. The number of nitrogens with zero attached hydrogens (tertiary/aromatic N) is 2. The third-order valence-electron chi connectivity index (χ3n) is 11.3. The lowest BCUT2D eigenvalue weighted by molar-refractivity contribution is 0.522. The summed E-state index contributed by atoms with van der Waals surface area (Å²) < 4.78 is 2.06. The second kappa shape index (κ2) is 31.7. The van der Waals surface area contributed by atoms with Crippen LogP contribution in [-0.4, -0.2) is 24.5 Å². The van der Waals surface area contributed by atoms with E-state index in [1.165, 1.54) is 65.7 Å². The van der Waals surface area contributed by atoms with E-state index in [0.29, 0.717) is 0 Å². The fraction of sp³-hybridized carbons (Fsp3) is 0.456. The summed E-state index contributed by atoms with van der Waals surface area (Å²) >= 11 is 0. The van der Waals surface area contributed by atoms with Crippen LogP contribution in [0.25, 0.3) is 43.5 Å². The van der Waals surface area contributed by atoms with Crippen LogP contribution in [0.2, 0.25) is 0 Å². The van der Waals surface area contributed by atoms with Crippen molar-refractivity contribution in [1.29, 1.82) is 0 Å². The number of hydrogen-bond donors (Lipinski definition) is 3. The highest BCUT2D eigenvalue weighted by Gasteiger charge is 2.19. The molecule has 0 aliphatic rings. The Kier molecular flexibility index (Phi) is 29.2. The van der Waals surface area contributed by atoms with Crippen LogP contribution in [0.5, 0.6) is 0 Å². The maximum absolute atomic E-state index is 4.25. The van der Waals surface area contributed by atoms with Gasteiger partial charge in [-0.2, -0.15) is 0 Å². The zero-order valence-electron chi connectivity index (χ0n) is 51.3. The molecule has 5 aromatic carbocycles. The average Bonchev–Trinajstić information content (AvgIpc) is 4.22. The third kappa shape index (κ3) is 21.3. The van der Waals surface area contributed by atoms with E-state index in [2.05, 4.69) is 244 Å². The topological polar surface area (TPSA) is 65.2 Å². The van der Waals surface area contributed by atoms with Crippen LogP contribution in [-0.2, 0) is 34.1 Å². The van der Waals surface area contributed by atoms with Crippen molar-refractivity contribution in [2.75, 3.05) is 0 Å². The fourth-order valence-corrected chi connectivity index (χ4v) is 7.71. The first-order chi connectivity index (χ1) is 34.3. The maximum atomic E-state index is 4.25. The maximum Gasteiger partial charge on any atom is 0.113 e. The smallest absolute Gasteiger partial charge is 0.113 e. The number of rotatable bonds is 0. The van der Waals surface area contributed by atoms with Crippen LogP contribution < -0.4 is 0 Å². The molecule has 4 aromatic heterocycles. The van der Waals surface area contributed by atoms with Crippen molar-refractivity contribution < 1.29 is 0 Å². The number of imidazole rings is 1. The van der Waals surface area contributed by atoms with Gasteiger partial charge in [-0.05, 0) is 102 Å². The van der Waals surface area contributed by atoms with Gasteiger partial charge in [0.25, 0.3) is 0 Å². The highest BCUT2D eigenvalue weighted by Crippen LogP contribution is 2.31. The molecule has 5 heteroatoms. The first-order valence-electron chi connectivity index (χ1n) is 27.5. The molecule has 0 aliphatic carbocycles. The monoisotopic (exact) mass is 992 g/mol. The molecule has 0 fully saturated rings. The van der Waals surface area contributed by atoms with Gasteiger partial charge >= 0.3 is 0 Å². The Balaban J connectivity index is 0.000000852. The van der Waals surface area contributed by atoms with Gasteiger partial charge in [0, 0.05) is 65.4 Å². The number of aromatic nitrogens is 5. The van der Waals surface area contributed by atoms with Gasteiger partial charge in [0.1, 0.15) is 5.82 Å². The molecule has 3 N–H and O–H groups in total. The van der Waals surface area contributed by atoms with E-state index in [0.717, 1.165) is 5.82 Å². The van der Waals surface area contributed by atoms with Gasteiger partial charge < -0.3 is 19.5 Å². The van der Waals surface area contributed by atoms with E-state index in [-0.39, 0.29) is 27.1 Å². The van der Waals surface area contributed by atoms with Gasteiger partial charge in [0.05, 0.1) is 0 Å². The molecule has 0 amide bonds. The van der Waals surface area contributed by atoms with Gasteiger partial charge in [-0.25, -0.2) is 4.98 Å². The second-order valence-corrected chi connectivity index (χ2v) is 21.9. The minimum Gasteiger partial charge on any atom is -0.361 e. The van der Waals surface area contributed by atoms with Crippen molar-refractivity contribution in [3.8, 4) is 0 Å². The zero-order valence-corrected chi connectivity index (χ0v) is 51.3. The molecule has 9 rings (SSSR count). The minimum absolute atomic E-state index is 0.165. The molecular formula is C68H105N5. The first-order valence-corrected chi connectivity index (χ1v) is 27.5. The Morgan fingerprint density at radius 1 is 0.370 bits per heavy atom. The van der Waals surface area contributed by atoms with Crippen molar-refractivity contribution in [3.05, 3.63) is 174 Å². The summed E-state index contributed by atoms with van der Waals surface area (Å²) in [5.41, 5.74) is 10.4. The van der Waals surface area contributed by atoms with Crippen LogP contribution >= 0.6 is 0 Å². The molecule has 0 bridgehead atoms. The number of aromatic amines is 3. The molecule has 9 aromatic rings. The van der Waals surface area contributed by atoms with E-state index in [9.17, 15) is 0 Å². The molecule has 5 nitrogen and oxygen atoms in total. The van der Waals surface area contributed by atoms with E-state index in [4.69, 9.17) is 0 Å². The average molecular weight is 993 g/mol. The molecule has 0 aliphatic heterocycles. The summed E-state index contributed by atoms with van der Waals surface area (Å²) in [6.07, 6.45) is 9.79. The zero-order chi connectivity index (χ0) is 56.4. The number of nitrogens with one attached hydrogen (secondary N) is 3. The third-order valence-corrected chi connectivity index (χ3v) is 11.3. The molecule has 4 heterocycles. The SMILES string of the molecule is CC.CC.CC.CC.CC.CC(C)(C)c1ccc2[nH]ccc2c1.CC(C)(C)c1ccc2ccccc2c1.CC(C)(C)c1cccc2[nH]ccc12.CC(C)(C)c1cccc2cc[nH]c12.Cn1ccnc1C(C)(C)C.